The predicted molar refractivity (Wildman–Crippen MR) is 111 cm³/mol. The highest BCUT2D eigenvalue weighted by molar-refractivity contribution is 6.01. The van der Waals surface area contributed by atoms with Crippen LogP contribution >= 0.6 is 0 Å². The van der Waals surface area contributed by atoms with Crippen molar-refractivity contribution in [3.63, 3.8) is 0 Å². The molecule has 4 aromatic rings. The number of ether oxygens (including phenoxy) is 1. The normalized spacial score (nSPS) is 11.5. The lowest BCUT2D eigenvalue weighted by Crippen LogP contribution is -2.10. The van der Waals surface area contributed by atoms with E-state index in [-0.39, 0.29) is 0 Å². The van der Waals surface area contributed by atoms with Crippen LogP contribution in [0.3, 0.4) is 0 Å². The Morgan fingerprint density at radius 1 is 1.04 bits per heavy atom. The molecular formula is C22H23N5O. The Labute approximate surface area is 164 Å². The van der Waals surface area contributed by atoms with Crippen LogP contribution in [0.1, 0.15) is 22.4 Å². The van der Waals surface area contributed by atoms with Gasteiger partial charge in [-0.3, -0.25) is 0 Å². The summed E-state index contributed by atoms with van der Waals surface area (Å²) < 4.78 is 9.93. The Balaban J connectivity index is 1.59. The lowest BCUT2D eigenvalue weighted by molar-refractivity contribution is 0.297. The van der Waals surface area contributed by atoms with Gasteiger partial charge in [0.25, 0.3) is 0 Å². The summed E-state index contributed by atoms with van der Waals surface area (Å²) in [5.74, 6) is 0.939. The van der Waals surface area contributed by atoms with Crippen molar-refractivity contribution in [1.29, 1.82) is 0 Å². The van der Waals surface area contributed by atoms with Crippen molar-refractivity contribution in [3.8, 4) is 5.75 Å². The molecule has 0 bridgehead atoms. The lowest BCUT2D eigenvalue weighted by atomic mass is 10.1. The van der Waals surface area contributed by atoms with Crippen LogP contribution in [0.4, 0.5) is 0 Å². The molecule has 0 fully saturated rings. The number of hydrogen-bond donors (Lipinski definition) is 0. The maximum Gasteiger partial charge on any atom is 0.141 e. The highest BCUT2D eigenvalue weighted by atomic mass is 16.5. The van der Waals surface area contributed by atoms with Gasteiger partial charge in [0.2, 0.25) is 0 Å². The number of hydrogen-bond acceptors (Lipinski definition) is 4. The number of benzene rings is 2. The molecule has 0 N–H and O–H groups in total. The molecule has 0 saturated heterocycles. The maximum absolute atomic E-state index is 6.05. The smallest absolute Gasteiger partial charge is 0.141 e. The predicted octanol–water partition coefficient (Wildman–Crippen LogP) is 4.12. The molecule has 28 heavy (non-hydrogen) atoms. The van der Waals surface area contributed by atoms with Gasteiger partial charge in [-0.2, -0.15) is 5.10 Å². The average Bonchev–Trinajstić information content (AvgIpc) is 3.29. The number of para-hydroxylation sites is 1. The minimum atomic E-state index is 0.603. The number of nitrogens with zero attached hydrogens (tertiary/aromatic N) is 5. The molecule has 0 amide bonds. The summed E-state index contributed by atoms with van der Waals surface area (Å²) in [4.78, 5) is 0. The Morgan fingerprint density at radius 2 is 1.82 bits per heavy atom. The quantitative estimate of drug-likeness (QED) is 0.478. The first kappa shape index (κ1) is 18.0. The third kappa shape index (κ3) is 3.53. The van der Waals surface area contributed by atoms with Crippen LogP contribution in [0.5, 0.6) is 5.75 Å². The van der Waals surface area contributed by atoms with Crippen LogP contribution in [0, 0.1) is 20.8 Å². The highest BCUT2D eigenvalue weighted by Gasteiger charge is 2.12. The van der Waals surface area contributed by atoms with E-state index in [9.17, 15) is 0 Å². The van der Waals surface area contributed by atoms with Crippen molar-refractivity contribution < 1.29 is 4.74 Å². The van der Waals surface area contributed by atoms with Crippen LogP contribution in [0.15, 0.2) is 60.2 Å². The van der Waals surface area contributed by atoms with E-state index in [1.54, 1.807) is 17.3 Å². The Kier molecular flexibility index (Phi) is 4.93. The molecular weight excluding hydrogens is 350 g/mol. The molecule has 6 nitrogen and oxygen atoms in total. The van der Waals surface area contributed by atoms with E-state index < -0.39 is 0 Å². The van der Waals surface area contributed by atoms with E-state index in [1.165, 1.54) is 16.5 Å². The molecule has 2 aromatic heterocycles. The second kappa shape index (κ2) is 7.68. The maximum atomic E-state index is 6.05. The minimum absolute atomic E-state index is 0.603. The van der Waals surface area contributed by atoms with Gasteiger partial charge < -0.3 is 9.30 Å². The van der Waals surface area contributed by atoms with Gasteiger partial charge in [-0.25, -0.2) is 4.68 Å². The summed E-state index contributed by atoms with van der Waals surface area (Å²) in [6, 6.07) is 14.6. The number of aryl methyl sites for hydroxylation is 2. The van der Waals surface area contributed by atoms with E-state index in [0.717, 1.165) is 29.1 Å². The summed E-state index contributed by atoms with van der Waals surface area (Å²) in [6.45, 7) is 7.66. The molecule has 142 valence electrons. The van der Waals surface area contributed by atoms with Gasteiger partial charge in [-0.15, -0.1) is 10.2 Å². The Morgan fingerprint density at radius 3 is 2.61 bits per heavy atom. The number of aromatic nitrogens is 4. The van der Waals surface area contributed by atoms with E-state index in [1.807, 2.05) is 18.3 Å². The monoisotopic (exact) mass is 373 g/mol. The topological polar surface area (TPSA) is 57.2 Å². The molecule has 0 saturated carbocycles. The standard InChI is InChI=1S/C22H23N5O/c1-16-8-9-22(17(2)12-16)28-11-10-27-18(3)20(13-25-26-14-23-24-15-26)19-6-4-5-7-21(19)27/h4-9,12-15H,10-11H2,1-3H3/b25-13+. The lowest BCUT2D eigenvalue weighted by Gasteiger charge is -2.12. The van der Waals surface area contributed by atoms with Gasteiger partial charge in [0.05, 0.1) is 12.8 Å². The van der Waals surface area contributed by atoms with Crippen molar-refractivity contribution in [3.05, 3.63) is 77.5 Å². The molecule has 0 unspecified atom stereocenters. The second-order valence-corrected chi connectivity index (χ2v) is 6.87. The zero-order chi connectivity index (χ0) is 19.5. The zero-order valence-electron chi connectivity index (χ0n) is 16.3. The van der Waals surface area contributed by atoms with Crippen molar-refractivity contribution in [1.82, 2.24) is 19.4 Å². The van der Waals surface area contributed by atoms with Gasteiger partial charge in [0.1, 0.15) is 25.0 Å². The molecule has 0 aliphatic rings. The van der Waals surface area contributed by atoms with Gasteiger partial charge in [0.15, 0.2) is 0 Å². The first-order valence-electron chi connectivity index (χ1n) is 9.30. The summed E-state index contributed by atoms with van der Waals surface area (Å²) >= 11 is 0. The first-order valence-corrected chi connectivity index (χ1v) is 9.30. The molecule has 0 radical (unpaired) electrons. The summed E-state index contributed by atoms with van der Waals surface area (Å²) in [5, 5.41) is 13.2. The minimum Gasteiger partial charge on any atom is -0.491 e. The molecule has 6 heteroatoms. The molecule has 2 aromatic carbocycles. The molecule has 2 heterocycles. The van der Waals surface area contributed by atoms with E-state index >= 15 is 0 Å². The molecule has 0 atom stereocenters. The van der Waals surface area contributed by atoms with Crippen LogP contribution in [-0.4, -0.2) is 32.3 Å². The SMILES string of the molecule is Cc1ccc(OCCn2c(C)c(/C=N/n3cnnc3)c3ccccc32)c(C)c1. The van der Waals surface area contributed by atoms with Gasteiger partial charge in [-0.05, 0) is 38.5 Å². The Hall–Kier alpha value is -3.41. The fraction of sp³-hybridized carbons (Fsp3) is 0.227. The molecule has 4 rings (SSSR count). The largest absolute Gasteiger partial charge is 0.491 e. The van der Waals surface area contributed by atoms with E-state index in [2.05, 4.69) is 71.0 Å². The second-order valence-electron chi connectivity index (χ2n) is 6.87. The van der Waals surface area contributed by atoms with Crippen molar-refractivity contribution >= 4 is 17.1 Å². The van der Waals surface area contributed by atoms with Crippen LogP contribution in [-0.2, 0) is 6.54 Å². The van der Waals surface area contributed by atoms with Crippen molar-refractivity contribution in [2.75, 3.05) is 6.61 Å². The summed E-state index contributed by atoms with van der Waals surface area (Å²) in [7, 11) is 0. The fourth-order valence-electron chi connectivity index (χ4n) is 3.50. The van der Waals surface area contributed by atoms with Gasteiger partial charge in [-0.1, -0.05) is 35.9 Å². The molecule has 0 aliphatic heterocycles. The number of rotatable bonds is 6. The third-order valence-corrected chi connectivity index (χ3v) is 4.91. The third-order valence-electron chi connectivity index (χ3n) is 4.91. The van der Waals surface area contributed by atoms with Crippen LogP contribution < -0.4 is 4.74 Å². The van der Waals surface area contributed by atoms with Crippen LogP contribution in [0.25, 0.3) is 10.9 Å². The Bertz CT molecular complexity index is 1130. The fourth-order valence-corrected chi connectivity index (χ4v) is 3.50. The van der Waals surface area contributed by atoms with Crippen molar-refractivity contribution in [2.45, 2.75) is 27.3 Å². The van der Waals surface area contributed by atoms with Gasteiger partial charge >= 0.3 is 0 Å². The number of fused-ring (bicyclic) bond motifs is 1. The highest BCUT2D eigenvalue weighted by Crippen LogP contribution is 2.25. The molecule has 0 aliphatic carbocycles. The van der Waals surface area contributed by atoms with E-state index in [4.69, 9.17) is 4.74 Å². The summed E-state index contributed by atoms with van der Waals surface area (Å²) in [5.41, 5.74) is 5.83. The average molecular weight is 373 g/mol. The van der Waals surface area contributed by atoms with E-state index in [0.29, 0.717) is 6.61 Å². The molecule has 0 spiro atoms. The van der Waals surface area contributed by atoms with Gasteiger partial charge in [0, 0.05) is 22.2 Å². The first-order chi connectivity index (χ1) is 13.6. The van der Waals surface area contributed by atoms with Crippen molar-refractivity contribution in [2.24, 2.45) is 5.10 Å². The zero-order valence-corrected chi connectivity index (χ0v) is 16.3. The summed E-state index contributed by atoms with van der Waals surface area (Å²) in [6.07, 6.45) is 5.01. The van der Waals surface area contributed by atoms with Crippen LogP contribution in [0.2, 0.25) is 0 Å².